The molecule has 2 aromatic rings. The normalized spacial score (nSPS) is 16.0. The Balaban J connectivity index is 1.60. The standard InChI is InChI=1S/C18H24N6O3/c1-24(2)9-4-10-27-15-8-7-12(11-19-15)20-18(25)17-16-13(21-22-17)5-3-6-14(16)23-26/h7-8,11,14H,3-6,9-10H2,1-2H3,(H,20,25)(H,21,22). The van der Waals surface area contributed by atoms with E-state index in [4.69, 9.17) is 4.74 Å². The zero-order chi connectivity index (χ0) is 19.2. The molecule has 9 heteroatoms. The van der Waals surface area contributed by atoms with Crippen LogP contribution < -0.4 is 10.1 Å². The maximum absolute atomic E-state index is 12.6. The summed E-state index contributed by atoms with van der Waals surface area (Å²) in [5.41, 5.74) is 2.18. The van der Waals surface area contributed by atoms with Gasteiger partial charge in [-0.25, -0.2) is 4.98 Å². The molecule has 0 saturated heterocycles. The van der Waals surface area contributed by atoms with Crippen molar-refractivity contribution in [2.45, 2.75) is 31.7 Å². The van der Waals surface area contributed by atoms with Crippen LogP contribution in [0.1, 0.15) is 47.1 Å². The molecule has 0 saturated carbocycles. The fraction of sp³-hybridized carbons (Fsp3) is 0.500. The molecule has 1 unspecified atom stereocenters. The summed E-state index contributed by atoms with van der Waals surface area (Å²) < 4.78 is 5.58. The number of H-pyrrole nitrogens is 1. The summed E-state index contributed by atoms with van der Waals surface area (Å²) in [6.45, 7) is 1.52. The summed E-state index contributed by atoms with van der Waals surface area (Å²) in [6.07, 6.45) is 4.70. The van der Waals surface area contributed by atoms with Gasteiger partial charge in [0.1, 0.15) is 6.04 Å². The Morgan fingerprint density at radius 1 is 1.44 bits per heavy atom. The Morgan fingerprint density at radius 3 is 3.00 bits per heavy atom. The van der Waals surface area contributed by atoms with Crippen LogP contribution in [0.15, 0.2) is 23.5 Å². The number of rotatable bonds is 8. The number of anilines is 1. The molecule has 9 nitrogen and oxygen atoms in total. The Bertz CT molecular complexity index is 787. The number of carbonyl (C=O) groups is 1. The van der Waals surface area contributed by atoms with Crippen LogP contribution >= 0.6 is 0 Å². The zero-order valence-corrected chi connectivity index (χ0v) is 15.6. The molecule has 1 atom stereocenters. The van der Waals surface area contributed by atoms with Crippen molar-refractivity contribution in [1.29, 1.82) is 0 Å². The lowest BCUT2D eigenvalue weighted by Crippen LogP contribution is -2.17. The molecule has 0 fully saturated rings. The average Bonchev–Trinajstić information content (AvgIpc) is 3.10. The van der Waals surface area contributed by atoms with E-state index in [0.717, 1.165) is 31.5 Å². The first-order valence-corrected chi connectivity index (χ1v) is 9.03. The van der Waals surface area contributed by atoms with Gasteiger partial charge in [0.05, 0.1) is 18.5 Å². The van der Waals surface area contributed by atoms with Crippen molar-refractivity contribution in [2.24, 2.45) is 5.18 Å². The summed E-state index contributed by atoms with van der Waals surface area (Å²) >= 11 is 0. The minimum absolute atomic E-state index is 0.221. The lowest BCUT2D eigenvalue weighted by atomic mass is 9.91. The van der Waals surface area contributed by atoms with Gasteiger partial charge in [0.2, 0.25) is 5.88 Å². The summed E-state index contributed by atoms with van der Waals surface area (Å²) in [5.74, 6) is 0.124. The number of fused-ring (bicyclic) bond motifs is 1. The average molecular weight is 372 g/mol. The van der Waals surface area contributed by atoms with E-state index in [2.05, 4.69) is 30.6 Å². The number of aromatic nitrogens is 3. The molecule has 0 radical (unpaired) electrons. The van der Waals surface area contributed by atoms with Gasteiger partial charge in [-0.05, 0) is 45.8 Å². The third-order valence-electron chi connectivity index (χ3n) is 4.46. The highest BCUT2D eigenvalue weighted by molar-refractivity contribution is 6.04. The van der Waals surface area contributed by atoms with E-state index in [0.29, 0.717) is 30.2 Å². The van der Waals surface area contributed by atoms with Gasteiger partial charge in [-0.1, -0.05) is 5.18 Å². The van der Waals surface area contributed by atoms with Crippen molar-refractivity contribution in [1.82, 2.24) is 20.1 Å². The number of aryl methyl sites for hydroxylation is 1. The largest absolute Gasteiger partial charge is 0.478 e. The van der Waals surface area contributed by atoms with E-state index < -0.39 is 6.04 Å². The second kappa shape index (κ2) is 8.72. The number of aromatic amines is 1. The lowest BCUT2D eigenvalue weighted by molar-refractivity contribution is 0.102. The zero-order valence-electron chi connectivity index (χ0n) is 15.6. The molecule has 0 aromatic carbocycles. The highest BCUT2D eigenvalue weighted by Crippen LogP contribution is 2.33. The monoisotopic (exact) mass is 372 g/mol. The van der Waals surface area contributed by atoms with Crippen LogP contribution in [0.5, 0.6) is 5.88 Å². The van der Waals surface area contributed by atoms with Crippen LogP contribution in [0.3, 0.4) is 0 Å². The summed E-state index contributed by atoms with van der Waals surface area (Å²) in [6, 6.07) is 2.91. The smallest absolute Gasteiger partial charge is 0.276 e. The van der Waals surface area contributed by atoms with Gasteiger partial charge < -0.3 is 15.0 Å². The molecule has 0 bridgehead atoms. The second-order valence-electron chi connectivity index (χ2n) is 6.82. The molecule has 1 aliphatic rings. The van der Waals surface area contributed by atoms with Crippen LogP contribution in [-0.2, 0) is 6.42 Å². The molecule has 27 heavy (non-hydrogen) atoms. The van der Waals surface area contributed by atoms with E-state index in [-0.39, 0.29) is 11.6 Å². The number of hydrogen-bond acceptors (Lipinski definition) is 7. The Morgan fingerprint density at radius 2 is 2.30 bits per heavy atom. The number of nitrogens with zero attached hydrogens (tertiary/aromatic N) is 4. The number of amides is 1. The molecule has 144 valence electrons. The minimum Gasteiger partial charge on any atom is -0.478 e. The number of nitroso groups, excluding NO2 is 1. The topological polar surface area (TPSA) is 113 Å². The van der Waals surface area contributed by atoms with E-state index in [1.54, 1.807) is 12.1 Å². The highest BCUT2D eigenvalue weighted by Gasteiger charge is 2.30. The summed E-state index contributed by atoms with van der Waals surface area (Å²) in [5, 5.41) is 12.8. The third-order valence-corrected chi connectivity index (χ3v) is 4.46. The fourth-order valence-electron chi connectivity index (χ4n) is 3.12. The van der Waals surface area contributed by atoms with E-state index in [1.807, 2.05) is 14.1 Å². The molecular formula is C18H24N6O3. The Hall–Kier alpha value is -2.81. The highest BCUT2D eigenvalue weighted by atomic mass is 16.5. The second-order valence-corrected chi connectivity index (χ2v) is 6.82. The van der Waals surface area contributed by atoms with Crippen LogP contribution in [0.4, 0.5) is 5.69 Å². The van der Waals surface area contributed by atoms with Gasteiger partial charge in [0.15, 0.2) is 5.69 Å². The minimum atomic E-state index is -0.524. The molecule has 1 amide bonds. The first kappa shape index (κ1) is 19.0. The number of ether oxygens (including phenoxy) is 1. The fourth-order valence-corrected chi connectivity index (χ4v) is 3.12. The SMILES string of the molecule is CN(C)CCCOc1ccc(NC(=O)c2n[nH]c3c2C(N=O)CCC3)cn1. The van der Waals surface area contributed by atoms with Crippen molar-refractivity contribution >= 4 is 11.6 Å². The Labute approximate surface area is 157 Å². The van der Waals surface area contributed by atoms with Crippen LogP contribution in [0.25, 0.3) is 0 Å². The predicted octanol–water partition coefficient (Wildman–Crippen LogP) is 2.53. The van der Waals surface area contributed by atoms with E-state index >= 15 is 0 Å². The van der Waals surface area contributed by atoms with Gasteiger partial charge in [0.25, 0.3) is 5.91 Å². The Kier molecular flexibility index (Phi) is 6.12. The van der Waals surface area contributed by atoms with Crippen molar-refractivity contribution in [3.05, 3.63) is 40.2 Å². The summed E-state index contributed by atoms with van der Waals surface area (Å²) in [7, 11) is 4.03. The maximum atomic E-state index is 12.6. The maximum Gasteiger partial charge on any atom is 0.276 e. The van der Waals surface area contributed by atoms with Gasteiger partial charge in [0, 0.05) is 23.9 Å². The number of nitrogens with one attached hydrogen (secondary N) is 2. The summed E-state index contributed by atoms with van der Waals surface area (Å²) in [4.78, 5) is 29.9. The molecule has 2 N–H and O–H groups in total. The molecule has 3 rings (SSSR count). The van der Waals surface area contributed by atoms with Crippen LogP contribution in [-0.4, -0.2) is 53.2 Å². The van der Waals surface area contributed by atoms with Crippen LogP contribution in [0, 0.1) is 4.91 Å². The van der Waals surface area contributed by atoms with Crippen molar-refractivity contribution in [3.8, 4) is 5.88 Å². The molecule has 2 aromatic heterocycles. The van der Waals surface area contributed by atoms with Crippen LogP contribution in [0.2, 0.25) is 0 Å². The number of pyridine rings is 1. The molecule has 0 spiro atoms. The van der Waals surface area contributed by atoms with E-state index in [1.165, 1.54) is 6.20 Å². The van der Waals surface area contributed by atoms with Crippen molar-refractivity contribution < 1.29 is 9.53 Å². The van der Waals surface area contributed by atoms with Crippen molar-refractivity contribution in [3.63, 3.8) is 0 Å². The lowest BCUT2D eigenvalue weighted by Gasteiger charge is -2.16. The number of carbonyl (C=O) groups excluding carboxylic acids is 1. The van der Waals surface area contributed by atoms with Gasteiger partial charge in [-0.2, -0.15) is 10.0 Å². The molecule has 1 aliphatic carbocycles. The number of hydrogen-bond donors (Lipinski definition) is 2. The first-order valence-electron chi connectivity index (χ1n) is 9.03. The van der Waals surface area contributed by atoms with E-state index in [9.17, 15) is 9.70 Å². The first-order chi connectivity index (χ1) is 13.1. The predicted molar refractivity (Wildman–Crippen MR) is 101 cm³/mol. The van der Waals surface area contributed by atoms with Gasteiger partial charge in [-0.15, -0.1) is 0 Å². The molecule has 2 heterocycles. The van der Waals surface area contributed by atoms with Gasteiger partial charge in [-0.3, -0.25) is 9.89 Å². The van der Waals surface area contributed by atoms with Gasteiger partial charge >= 0.3 is 0 Å². The third kappa shape index (κ3) is 4.68. The van der Waals surface area contributed by atoms with Crippen molar-refractivity contribution in [2.75, 3.05) is 32.6 Å². The quantitative estimate of drug-likeness (QED) is 0.544. The molecule has 0 aliphatic heterocycles. The molecular weight excluding hydrogens is 348 g/mol.